The zero-order valence-electron chi connectivity index (χ0n) is 13.1. The number of hydrogen-bond acceptors (Lipinski definition) is 4. The van der Waals surface area contributed by atoms with Crippen molar-refractivity contribution in [2.75, 3.05) is 7.05 Å². The van der Waals surface area contributed by atoms with Crippen molar-refractivity contribution >= 4 is 5.91 Å². The first kappa shape index (κ1) is 15.8. The standard InChI is InChI=1S/C16H25N3O2/c1-15(17)6-4-7-16(2,9-8-15)21-12-5-10-19-13(11-12)14(20)18-3/h5,10-11H,4,6-9,17H2,1-3H3,(H,18,20). The second-order valence-electron chi connectivity index (χ2n) is 6.52. The van der Waals surface area contributed by atoms with Gasteiger partial charge in [-0.25, -0.2) is 0 Å². The molecule has 5 heteroatoms. The smallest absolute Gasteiger partial charge is 0.269 e. The topological polar surface area (TPSA) is 77.2 Å². The minimum Gasteiger partial charge on any atom is -0.487 e. The average Bonchev–Trinajstić information content (AvgIpc) is 2.57. The highest BCUT2D eigenvalue weighted by Gasteiger charge is 2.34. The Labute approximate surface area is 126 Å². The van der Waals surface area contributed by atoms with Crippen LogP contribution in [0.2, 0.25) is 0 Å². The van der Waals surface area contributed by atoms with Gasteiger partial charge in [0.05, 0.1) is 0 Å². The Hall–Kier alpha value is -1.62. The van der Waals surface area contributed by atoms with Crippen LogP contribution >= 0.6 is 0 Å². The fourth-order valence-corrected chi connectivity index (χ4v) is 2.78. The summed E-state index contributed by atoms with van der Waals surface area (Å²) in [6, 6.07) is 3.49. The Balaban J connectivity index is 2.11. The van der Waals surface area contributed by atoms with Gasteiger partial charge in [0.15, 0.2) is 0 Å². The normalized spacial score (nSPS) is 29.5. The SMILES string of the molecule is CNC(=O)c1cc(OC2(C)CCCC(C)(N)CC2)ccn1. The highest BCUT2D eigenvalue weighted by molar-refractivity contribution is 5.92. The molecule has 0 spiro atoms. The van der Waals surface area contributed by atoms with E-state index in [1.807, 2.05) is 0 Å². The van der Waals surface area contributed by atoms with Gasteiger partial charge >= 0.3 is 0 Å². The molecule has 1 aliphatic carbocycles. The van der Waals surface area contributed by atoms with E-state index in [0.29, 0.717) is 11.4 Å². The van der Waals surface area contributed by atoms with Gasteiger partial charge in [-0.15, -0.1) is 0 Å². The number of carbonyl (C=O) groups excluding carboxylic acids is 1. The molecule has 0 radical (unpaired) electrons. The van der Waals surface area contributed by atoms with E-state index in [1.165, 1.54) is 0 Å². The summed E-state index contributed by atoms with van der Waals surface area (Å²) in [7, 11) is 1.59. The van der Waals surface area contributed by atoms with E-state index in [0.717, 1.165) is 32.1 Å². The lowest BCUT2D eigenvalue weighted by Gasteiger charge is -2.30. The molecule has 2 unspecified atom stereocenters. The molecule has 5 nitrogen and oxygen atoms in total. The predicted octanol–water partition coefficient (Wildman–Crippen LogP) is 2.26. The summed E-state index contributed by atoms with van der Waals surface area (Å²) in [6.45, 7) is 4.23. The van der Waals surface area contributed by atoms with Crippen LogP contribution in [0.1, 0.15) is 56.4 Å². The van der Waals surface area contributed by atoms with Crippen LogP contribution in [0.15, 0.2) is 18.3 Å². The molecule has 116 valence electrons. The maximum Gasteiger partial charge on any atom is 0.269 e. The van der Waals surface area contributed by atoms with E-state index in [2.05, 4.69) is 24.1 Å². The minimum absolute atomic E-state index is 0.105. The van der Waals surface area contributed by atoms with Gasteiger partial charge in [0.25, 0.3) is 5.91 Å². The molecular weight excluding hydrogens is 266 g/mol. The molecule has 0 aliphatic heterocycles. The van der Waals surface area contributed by atoms with E-state index >= 15 is 0 Å². The van der Waals surface area contributed by atoms with Crippen molar-refractivity contribution in [3.63, 3.8) is 0 Å². The van der Waals surface area contributed by atoms with E-state index in [1.54, 1.807) is 25.4 Å². The molecule has 1 saturated carbocycles. The number of rotatable bonds is 3. The third kappa shape index (κ3) is 4.17. The number of ether oxygens (including phenoxy) is 1. The highest BCUT2D eigenvalue weighted by Crippen LogP contribution is 2.34. The summed E-state index contributed by atoms with van der Waals surface area (Å²) in [5.74, 6) is 0.479. The zero-order valence-corrected chi connectivity index (χ0v) is 13.1. The largest absolute Gasteiger partial charge is 0.487 e. The number of nitrogens with zero attached hydrogens (tertiary/aromatic N) is 1. The number of nitrogens with two attached hydrogens (primary N) is 1. The number of nitrogens with one attached hydrogen (secondary N) is 1. The maximum atomic E-state index is 11.6. The van der Waals surface area contributed by atoms with Gasteiger partial charge in [0.2, 0.25) is 0 Å². The van der Waals surface area contributed by atoms with Crippen LogP contribution in [0.25, 0.3) is 0 Å². The van der Waals surface area contributed by atoms with E-state index < -0.39 is 0 Å². The van der Waals surface area contributed by atoms with Crippen molar-refractivity contribution in [1.82, 2.24) is 10.3 Å². The lowest BCUT2D eigenvalue weighted by atomic mass is 9.92. The third-order valence-corrected chi connectivity index (χ3v) is 4.23. The fraction of sp³-hybridized carbons (Fsp3) is 0.625. The first-order chi connectivity index (χ1) is 9.84. The predicted molar refractivity (Wildman–Crippen MR) is 82.3 cm³/mol. The summed E-state index contributed by atoms with van der Waals surface area (Å²) < 4.78 is 6.18. The molecule has 3 N–H and O–H groups in total. The van der Waals surface area contributed by atoms with Crippen molar-refractivity contribution < 1.29 is 9.53 Å². The average molecular weight is 291 g/mol. The number of aromatic nitrogens is 1. The molecule has 1 heterocycles. The van der Waals surface area contributed by atoms with Crippen molar-refractivity contribution in [1.29, 1.82) is 0 Å². The molecule has 1 aliphatic rings. The lowest BCUT2D eigenvalue weighted by Crippen LogP contribution is -2.37. The summed E-state index contributed by atoms with van der Waals surface area (Å²) >= 11 is 0. The van der Waals surface area contributed by atoms with Crippen molar-refractivity contribution in [2.24, 2.45) is 5.73 Å². The van der Waals surface area contributed by atoms with Crippen molar-refractivity contribution in [3.8, 4) is 5.75 Å². The summed E-state index contributed by atoms with van der Waals surface area (Å²) in [5.41, 5.74) is 6.28. The van der Waals surface area contributed by atoms with Crippen LogP contribution < -0.4 is 15.8 Å². The van der Waals surface area contributed by atoms with E-state index in [-0.39, 0.29) is 17.0 Å². The molecule has 21 heavy (non-hydrogen) atoms. The lowest BCUT2D eigenvalue weighted by molar-refractivity contribution is 0.0700. The molecule has 1 amide bonds. The molecule has 0 saturated heterocycles. The van der Waals surface area contributed by atoms with Crippen LogP contribution in [-0.2, 0) is 0 Å². The molecule has 1 fully saturated rings. The first-order valence-corrected chi connectivity index (χ1v) is 7.50. The van der Waals surface area contributed by atoms with Crippen LogP contribution in [-0.4, -0.2) is 29.1 Å². The quantitative estimate of drug-likeness (QED) is 0.837. The molecule has 1 aromatic heterocycles. The number of pyridine rings is 1. The Morgan fingerprint density at radius 2 is 2.10 bits per heavy atom. The monoisotopic (exact) mass is 291 g/mol. The Morgan fingerprint density at radius 3 is 2.81 bits per heavy atom. The fourth-order valence-electron chi connectivity index (χ4n) is 2.78. The van der Waals surface area contributed by atoms with E-state index in [4.69, 9.17) is 10.5 Å². The molecule has 0 bridgehead atoms. The summed E-state index contributed by atoms with van der Waals surface area (Å²) in [5, 5.41) is 2.57. The van der Waals surface area contributed by atoms with Gasteiger partial charge in [0, 0.05) is 24.8 Å². The Kier molecular flexibility index (Phi) is 4.52. The van der Waals surface area contributed by atoms with Gasteiger partial charge in [-0.2, -0.15) is 0 Å². The second-order valence-corrected chi connectivity index (χ2v) is 6.52. The summed E-state index contributed by atoms with van der Waals surface area (Å²) in [4.78, 5) is 15.7. The number of carbonyl (C=O) groups is 1. The van der Waals surface area contributed by atoms with Gasteiger partial charge in [-0.3, -0.25) is 9.78 Å². The molecule has 1 aromatic rings. The van der Waals surface area contributed by atoms with E-state index in [9.17, 15) is 4.79 Å². The highest BCUT2D eigenvalue weighted by atomic mass is 16.5. The molecule has 2 rings (SSSR count). The maximum absolute atomic E-state index is 11.6. The molecule has 0 aromatic carbocycles. The second kappa shape index (κ2) is 6.02. The Bertz CT molecular complexity index is 516. The Morgan fingerprint density at radius 1 is 1.33 bits per heavy atom. The zero-order chi connectivity index (χ0) is 15.5. The molecular formula is C16H25N3O2. The van der Waals surface area contributed by atoms with Crippen LogP contribution in [0.4, 0.5) is 0 Å². The van der Waals surface area contributed by atoms with Crippen LogP contribution in [0.3, 0.4) is 0 Å². The van der Waals surface area contributed by atoms with Gasteiger partial charge in [-0.1, -0.05) is 0 Å². The van der Waals surface area contributed by atoms with Gasteiger partial charge in [0.1, 0.15) is 17.0 Å². The van der Waals surface area contributed by atoms with Crippen LogP contribution in [0, 0.1) is 0 Å². The van der Waals surface area contributed by atoms with Gasteiger partial charge < -0.3 is 15.8 Å². The summed E-state index contributed by atoms with van der Waals surface area (Å²) in [6.07, 6.45) is 6.50. The number of amides is 1. The minimum atomic E-state index is -0.238. The first-order valence-electron chi connectivity index (χ1n) is 7.50. The third-order valence-electron chi connectivity index (χ3n) is 4.23. The molecule has 2 atom stereocenters. The van der Waals surface area contributed by atoms with Gasteiger partial charge in [-0.05, 0) is 52.0 Å². The van der Waals surface area contributed by atoms with Crippen molar-refractivity contribution in [2.45, 2.75) is 57.1 Å². The van der Waals surface area contributed by atoms with Crippen molar-refractivity contribution in [3.05, 3.63) is 24.0 Å². The number of hydrogen-bond donors (Lipinski definition) is 2. The van der Waals surface area contributed by atoms with Crippen LogP contribution in [0.5, 0.6) is 5.75 Å².